The fraction of sp³-hybridized carbons (Fsp3) is 0.364. The number of halogens is 3. The van der Waals surface area contributed by atoms with Gasteiger partial charge in [0.25, 0.3) is 6.02 Å². The first-order valence-corrected chi connectivity index (χ1v) is 9.62. The molecule has 1 aliphatic heterocycles. The average Bonchev–Trinajstić information content (AvgIpc) is 2.71. The smallest absolute Gasteiger partial charge is 0.282 e. The summed E-state index contributed by atoms with van der Waals surface area (Å²) in [4.78, 5) is 20.8. The standard InChI is InChI=1S/C22H19F3N4O2/c1-20(21(10-22(24,25)11-21)12-31-19(27)29-20)15-6-13(2-4-16(15)23)7-18(30)17-5-3-14(8-26)9-28-17/h2-6,9H,7,10-12H2,1H3,(H2,27,29)/t20-/m1/s1. The van der Waals surface area contributed by atoms with E-state index in [9.17, 15) is 18.0 Å². The van der Waals surface area contributed by atoms with Crippen LogP contribution in [0, 0.1) is 22.6 Å². The van der Waals surface area contributed by atoms with Crippen LogP contribution in [0.4, 0.5) is 13.2 Å². The van der Waals surface area contributed by atoms with Gasteiger partial charge in [0, 0.05) is 36.4 Å². The number of nitriles is 1. The van der Waals surface area contributed by atoms with Gasteiger partial charge in [-0.05, 0) is 36.8 Å². The third kappa shape index (κ3) is 3.52. The summed E-state index contributed by atoms with van der Waals surface area (Å²) in [6.45, 7) is 1.48. The zero-order chi connectivity index (χ0) is 22.4. The first-order valence-electron chi connectivity index (χ1n) is 9.62. The van der Waals surface area contributed by atoms with Crippen LogP contribution in [-0.2, 0) is 16.7 Å². The van der Waals surface area contributed by atoms with Gasteiger partial charge in [0.1, 0.15) is 29.7 Å². The lowest BCUT2D eigenvalue weighted by atomic mass is 9.54. The lowest BCUT2D eigenvalue weighted by molar-refractivity contribution is -0.207. The SMILES string of the molecule is C[C@]1(c2cc(CC(=O)c3ccc(C#N)cn3)ccc2F)N=C(N)OCC12CC(F)(F)C2. The molecular formula is C22H19F3N4O2. The monoisotopic (exact) mass is 428 g/mol. The van der Waals surface area contributed by atoms with Crippen LogP contribution in [0.5, 0.6) is 0 Å². The molecular weight excluding hydrogens is 409 g/mol. The molecule has 1 spiro atoms. The summed E-state index contributed by atoms with van der Waals surface area (Å²) in [7, 11) is 0. The molecule has 0 unspecified atom stereocenters. The Hall–Kier alpha value is -3.41. The van der Waals surface area contributed by atoms with Crippen molar-refractivity contribution >= 4 is 11.8 Å². The molecule has 2 N–H and O–H groups in total. The molecule has 0 amide bonds. The van der Waals surface area contributed by atoms with Gasteiger partial charge in [0.15, 0.2) is 5.78 Å². The van der Waals surface area contributed by atoms with Crippen molar-refractivity contribution in [2.24, 2.45) is 16.1 Å². The lowest BCUT2D eigenvalue weighted by Crippen LogP contribution is -2.62. The molecule has 6 nitrogen and oxygen atoms in total. The number of nitrogens with two attached hydrogens (primary N) is 1. The van der Waals surface area contributed by atoms with Crippen LogP contribution in [0.25, 0.3) is 0 Å². The summed E-state index contributed by atoms with van der Waals surface area (Å²) in [5, 5.41) is 8.84. The maximum absolute atomic E-state index is 14.9. The molecule has 0 radical (unpaired) electrons. The Labute approximate surface area is 176 Å². The number of pyridine rings is 1. The molecule has 9 heteroatoms. The van der Waals surface area contributed by atoms with Crippen LogP contribution in [0.15, 0.2) is 41.5 Å². The van der Waals surface area contributed by atoms with Crippen molar-refractivity contribution in [2.75, 3.05) is 6.61 Å². The van der Waals surface area contributed by atoms with E-state index in [0.29, 0.717) is 11.1 Å². The molecule has 4 rings (SSSR count). The van der Waals surface area contributed by atoms with Gasteiger partial charge in [-0.2, -0.15) is 5.26 Å². The summed E-state index contributed by atoms with van der Waals surface area (Å²) >= 11 is 0. The van der Waals surface area contributed by atoms with E-state index >= 15 is 0 Å². The van der Waals surface area contributed by atoms with Crippen LogP contribution in [0.2, 0.25) is 0 Å². The molecule has 2 heterocycles. The summed E-state index contributed by atoms with van der Waals surface area (Å²) in [6.07, 6.45) is 0.224. The molecule has 1 aromatic carbocycles. The van der Waals surface area contributed by atoms with Gasteiger partial charge in [-0.25, -0.2) is 18.2 Å². The summed E-state index contributed by atoms with van der Waals surface area (Å²) in [6, 6.07) is 8.79. The molecule has 1 aliphatic carbocycles. The van der Waals surface area contributed by atoms with Crippen molar-refractivity contribution in [1.29, 1.82) is 5.26 Å². The van der Waals surface area contributed by atoms with E-state index < -0.39 is 35.5 Å². The molecule has 1 saturated carbocycles. The Bertz CT molecular complexity index is 1120. The molecule has 0 saturated heterocycles. The fourth-order valence-corrected chi connectivity index (χ4v) is 4.41. The van der Waals surface area contributed by atoms with E-state index in [2.05, 4.69) is 9.98 Å². The van der Waals surface area contributed by atoms with Crippen molar-refractivity contribution in [3.63, 3.8) is 0 Å². The van der Waals surface area contributed by atoms with Crippen molar-refractivity contribution in [3.05, 3.63) is 64.7 Å². The van der Waals surface area contributed by atoms with Gasteiger partial charge in [-0.15, -0.1) is 0 Å². The maximum atomic E-state index is 14.9. The van der Waals surface area contributed by atoms with E-state index in [0.717, 1.165) is 0 Å². The first-order chi connectivity index (χ1) is 14.6. The molecule has 31 heavy (non-hydrogen) atoms. The second-order valence-electron chi connectivity index (χ2n) is 8.26. The zero-order valence-corrected chi connectivity index (χ0v) is 16.7. The predicted octanol–water partition coefficient (Wildman–Crippen LogP) is 3.49. The molecule has 1 aromatic heterocycles. The van der Waals surface area contributed by atoms with Crippen LogP contribution in [-0.4, -0.2) is 29.3 Å². The number of ether oxygens (including phenoxy) is 1. The van der Waals surface area contributed by atoms with Crippen LogP contribution in [0.1, 0.15) is 46.9 Å². The van der Waals surface area contributed by atoms with E-state index in [4.69, 9.17) is 15.7 Å². The Morgan fingerprint density at radius 1 is 1.29 bits per heavy atom. The van der Waals surface area contributed by atoms with Crippen molar-refractivity contribution in [3.8, 4) is 6.07 Å². The number of aliphatic imine (C=N–C) groups is 1. The molecule has 2 aromatic rings. The highest BCUT2D eigenvalue weighted by Crippen LogP contribution is 2.63. The van der Waals surface area contributed by atoms with Gasteiger partial charge >= 0.3 is 0 Å². The minimum absolute atomic E-state index is 0.0822. The summed E-state index contributed by atoms with van der Waals surface area (Å²) < 4.78 is 47.8. The number of hydrogen-bond acceptors (Lipinski definition) is 6. The van der Waals surface area contributed by atoms with Gasteiger partial charge in [-0.3, -0.25) is 9.78 Å². The third-order valence-corrected chi connectivity index (χ3v) is 6.16. The highest BCUT2D eigenvalue weighted by atomic mass is 19.3. The number of carbonyl (C=O) groups excluding carboxylic acids is 1. The van der Waals surface area contributed by atoms with Gasteiger partial charge in [-0.1, -0.05) is 6.07 Å². The average molecular weight is 428 g/mol. The van der Waals surface area contributed by atoms with Gasteiger partial charge in [0.2, 0.25) is 5.92 Å². The summed E-state index contributed by atoms with van der Waals surface area (Å²) in [5.41, 5.74) is 4.31. The van der Waals surface area contributed by atoms with E-state index in [1.165, 1.54) is 36.5 Å². The van der Waals surface area contributed by atoms with Crippen LogP contribution >= 0.6 is 0 Å². The molecule has 1 fully saturated rings. The highest BCUT2D eigenvalue weighted by molar-refractivity contribution is 5.95. The Morgan fingerprint density at radius 3 is 2.65 bits per heavy atom. The number of carbonyl (C=O) groups is 1. The number of rotatable bonds is 4. The summed E-state index contributed by atoms with van der Waals surface area (Å²) in [5.74, 6) is -3.83. The number of amidine groups is 1. The number of alkyl halides is 2. The second kappa shape index (κ2) is 7.08. The van der Waals surface area contributed by atoms with Crippen molar-refractivity contribution in [1.82, 2.24) is 4.98 Å². The Kier molecular flexibility index (Phi) is 4.76. The maximum Gasteiger partial charge on any atom is 0.282 e. The molecule has 0 bridgehead atoms. The normalized spacial score (nSPS) is 23.3. The third-order valence-electron chi connectivity index (χ3n) is 6.16. The van der Waals surface area contributed by atoms with E-state index in [1.54, 1.807) is 6.92 Å². The quantitative estimate of drug-likeness (QED) is 0.751. The first kappa shape index (κ1) is 20.8. The van der Waals surface area contributed by atoms with Gasteiger partial charge in [0.05, 0.1) is 5.56 Å². The predicted molar refractivity (Wildman–Crippen MR) is 105 cm³/mol. The minimum Gasteiger partial charge on any atom is -0.465 e. The van der Waals surface area contributed by atoms with Gasteiger partial charge < -0.3 is 10.5 Å². The minimum atomic E-state index is -2.88. The highest BCUT2D eigenvalue weighted by Gasteiger charge is 2.67. The Balaban J connectivity index is 1.67. The molecule has 1 atom stereocenters. The number of benzene rings is 1. The Morgan fingerprint density at radius 2 is 2.03 bits per heavy atom. The number of nitrogens with zero attached hydrogens (tertiary/aromatic N) is 3. The van der Waals surface area contributed by atoms with Crippen LogP contribution in [0.3, 0.4) is 0 Å². The molecule has 160 valence electrons. The number of Topliss-reactive ketones (excluding diaryl/α,β-unsaturated/α-hetero) is 1. The molecule has 2 aliphatic rings. The lowest BCUT2D eigenvalue weighted by Gasteiger charge is -2.56. The van der Waals surface area contributed by atoms with E-state index in [-0.39, 0.29) is 36.1 Å². The zero-order valence-electron chi connectivity index (χ0n) is 16.7. The fourth-order valence-electron chi connectivity index (χ4n) is 4.41. The van der Waals surface area contributed by atoms with Crippen molar-refractivity contribution in [2.45, 2.75) is 37.6 Å². The topological polar surface area (TPSA) is 101 Å². The largest absolute Gasteiger partial charge is 0.465 e. The second-order valence-corrected chi connectivity index (χ2v) is 8.26. The number of aromatic nitrogens is 1. The number of ketones is 1. The van der Waals surface area contributed by atoms with Crippen molar-refractivity contribution < 1.29 is 22.7 Å². The van der Waals surface area contributed by atoms with Crippen LogP contribution < -0.4 is 5.73 Å². The van der Waals surface area contributed by atoms with E-state index in [1.807, 2.05) is 6.07 Å². The number of hydrogen-bond donors (Lipinski definition) is 1.